The van der Waals surface area contributed by atoms with Gasteiger partial charge in [0.2, 0.25) is 5.91 Å². The van der Waals surface area contributed by atoms with E-state index in [4.69, 9.17) is 56.0 Å². The van der Waals surface area contributed by atoms with Gasteiger partial charge in [0.15, 0.2) is 12.5 Å². The van der Waals surface area contributed by atoms with Gasteiger partial charge >= 0.3 is 12.2 Å². The summed E-state index contributed by atoms with van der Waals surface area (Å²) in [7, 11) is 5.20. The number of hydrogen-bond donors (Lipinski definition) is 11. The summed E-state index contributed by atoms with van der Waals surface area (Å²) in [5.74, 6) is 1.91. The molecule has 2 unspecified atom stereocenters. The van der Waals surface area contributed by atoms with E-state index in [1.807, 2.05) is 106 Å². The molecule has 2 saturated heterocycles. The molecule has 2 atom stereocenters. The highest BCUT2D eigenvalue weighted by molar-refractivity contribution is 9.10. The summed E-state index contributed by atoms with van der Waals surface area (Å²) in [6, 6.07) is 24.1. The van der Waals surface area contributed by atoms with Crippen LogP contribution in [0.25, 0.3) is 83.2 Å². The maximum Gasteiger partial charge on any atom is 0.410 e. The first-order chi connectivity index (χ1) is 57.7. The number of carbonyl (C=O) groups excluding carboxylic acids is 3. The predicted octanol–water partition coefficient (Wildman–Crippen LogP) is 18.7. The molecule has 0 aliphatic carbocycles. The van der Waals surface area contributed by atoms with Crippen molar-refractivity contribution in [3.05, 3.63) is 102 Å². The van der Waals surface area contributed by atoms with Crippen LogP contribution < -0.4 is 43.8 Å². The van der Waals surface area contributed by atoms with Crippen molar-refractivity contribution in [3.63, 3.8) is 0 Å². The number of carboxylic acid groups (broad SMARTS) is 1. The zero-order valence-electron chi connectivity index (χ0n) is 73.2. The van der Waals surface area contributed by atoms with Gasteiger partial charge in [-0.15, -0.1) is 45.3 Å². The van der Waals surface area contributed by atoms with Crippen LogP contribution in [0, 0.1) is 0 Å². The Hall–Kier alpha value is -10.3. The number of nitrogens with zero attached hydrogens (tertiary/aromatic N) is 13. The monoisotopic (exact) mass is 1810 g/mol. The lowest BCUT2D eigenvalue weighted by Gasteiger charge is -2.25. The maximum atomic E-state index is 12.4. The molecule has 2 aliphatic rings. The Bertz CT molecular complexity index is 5350. The number of carboxylic acids is 1. The topological polar surface area (TPSA) is 418 Å². The fraction of sp³-hybridized carbons (Fsp3) is 0.482. The molecule has 12 aromatic heterocycles. The SMILES string of the molecule is CC(=O)N(C)CCNc1cc(N)nc2cc(-c3ccn[nH]3)sc12.CC(=O)O.CC(C)(C)Nc1cc(Br)c2sc(-c3ccnn3C3CCCCO3)cc2n1.CCCCNc1cc(N)nc2cc(-c3ccn[nH]3)sc12.CN(CCN)C(=O)OC(C)(C)C.CN(CCNc1cc(NC(C)(C)C)nc2cc(-c3ccnn3C3CCCCO3)sc12)C(=O)OC(C)(C)C. The molecule has 2 aliphatic heterocycles. The number of H-pyrrole nitrogens is 2. The zero-order valence-corrected chi connectivity index (χ0v) is 78.0. The number of thiophene rings is 4. The largest absolute Gasteiger partial charge is 0.481 e. The molecule has 0 aromatic carbocycles. The number of nitrogen functional groups attached to an aromatic ring is 2. The van der Waals surface area contributed by atoms with Crippen LogP contribution in [0.4, 0.5) is 49.9 Å². The highest BCUT2D eigenvalue weighted by atomic mass is 79.9. The molecule has 0 spiro atoms. The number of fused-ring (bicyclic) bond motifs is 4. The number of anilines is 7. The van der Waals surface area contributed by atoms with Crippen LogP contribution in [0.5, 0.6) is 0 Å². The van der Waals surface area contributed by atoms with Gasteiger partial charge in [-0.25, -0.2) is 38.9 Å². The number of nitrogens with one attached hydrogen (secondary N) is 7. The molecule has 12 aromatic rings. The third kappa shape index (κ3) is 28.9. The Morgan fingerprint density at radius 3 is 1.34 bits per heavy atom. The fourth-order valence-corrected chi connectivity index (χ4v) is 17.2. The van der Waals surface area contributed by atoms with Crippen LogP contribution in [0.1, 0.15) is 168 Å². The van der Waals surface area contributed by atoms with Gasteiger partial charge in [-0.3, -0.25) is 19.8 Å². The van der Waals surface area contributed by atoms with E-state index in [1.165, 1.54) is 17.7 Å². The molecule has 2 fully saturated rings. The zero-order chi connectivity index (χ0) is 88.8. The number of ether oxygens (including phenoxy) is 4. The first-order valence-electron chi connectivity index (χ1n) is 40.7. The van der Waals surface area contributed by atoms with Crippen molar-refractivity contribution < 1.29 is 43.2 Å². The molecule has 37 heteroatoms. The van der Waals surface area contributed by atoms with Crippen LogP contribution in [0.15, 0.2) is 102 Å². The number of halogens is 1. The average Bonchev–Trinajstić information content (AvgIpc) is 1.56. The van der Waals surface area contributed by atoms with E-state index >= 15 is 0 Å². The molecule has 32 nitrogen and oxygen atoms in total. The lowest BCUT2D eigenvalue weighted by molar-refractivity contribution is -0.134. The van der Waals surface area contributed by atoms with Crippen molar-refractivity contribution in [2.24, 2.45) is 5.73 Å². The van der Waals surface area contributed by atoms with Gasteiger partial charge in [-0.2, -0.15) is 20.4 Å². The molecule has 0 bridgehead atoms. The van der Waals surface area contributed by atoms with Gasteiger partial charge in [0.1, 0.15) is 34.5 Å². The Morgan fingerprint density at radius 1 is 0.541 bits per heavy atom. The summed E-state index contributed by atoms with van der Waals surface area (Å²) in [6.45, 7) is 34.5. The van der Waals surface area contributed by atoms with Crippen molar-refractivity contribution in [2.45, 2.75) is 190 Å². The van der Waals surface area contributed by atoms with Gasteiger partial charge in [-0.05, 0) is 199 Å². The lowest BCUT2D eigenvalue weighted by Crippen LogP contribution is -2.36. The van der Waals surface area contributed by atoms with Crippen molar-refractivity contribution in [1.29, 1.82) is 0 Å². The van der Waals surface area contributed by atoms with Crippen molar-refractivity contribution in [2.75, 3.05) is 118 Å². The second kappa shape index (κ2) is 43.7. The van der Waals surface area contributed by atoms with E-state index in [2.05, 4.69) is 162 Å². The number of aliphatic carboxylic acids is 1. The second-order valence-corrected chi connectivity index (χ2v) is 38.4. The van der Waals surface area contributed by atoms with Gasteiger partial charge < -0.3 is 82.5 Å². The molecule has 14 rings (SSSR count). The standard InChI is InChI=1S/C27H40N6O3S.C19H23BrN4OS.C15H18N6OS.C14H17N5S.C8H18N2O2.C2H4O2/c1-26(2,3)31-22-17-18(28-13-14-32(7)25(34)36-27(4,5)6)24-19(30-22)16-21(37-24)20-11-12-29-33(20)23-10-8-9-15-35-23;1-19(2,3)23-16-10-12(20)18-13(22-16)11-15(26-18)14-7-8-21-24(14)17-6-4-5-9-25-17;1-9(22)21(2)6-5-17-11-8-14(16)19-12-7-13(23-15(11)12)10-3-4-18-20-10;1-2-3-5-16-10-8-13(15)18-11-7-12(20-14(10)11)9-4-6-17-19-9;1-8(2,3)12-7(11)10(4)6-5-9;1-2(3)4/h11-12,16-17,23H,8-10,13-15H2,1-7H3,(H2,28,30,31);7-8,10-11,17H,4-6,9H2,1-3H3,(H,22,23);3-4,7-8H,5-6H2,1-2H3,(H,18,20)(H3,16,17,19);4,6-8H,2-3,5H2,1H3,(H,17,19)(H3,15,16,18);5-6,9H2,1-4H3;1H3,(H,3,4). The average molecular weight is 1820 g/mol. The summed E-state index contributed by atoms with van der Waals surface area (Å²) in [6.07, 6.45) is 15.4. The fourth-order valence-electron chi connectivity index (χ4n) is 12.3. The molecular weight excluding hydrogens is 1700 g/mol. The van der Waals surface area contributed by atoms with E-state index in [0.29, 0.717) is 50.9 Å². The molecule has 3 amide bonds. The van der Waals surface area contributed by atoms with Crippen molar-refractivity contribution >= 4 is 167 Å². The minimum atomic E-state index is -0.833. The number of amides is 3. The quantitative estimate of drug-likeness (QED) is 0.0281. The maximum absolute atomic E-state index is 12.4. The van der Waals surface area contributed by atoms with E-state index in [1.54, 1.807) is 95.6 Å². The summed E-state index contributed by atoms with van der Waals surface area (Å²) in [5.41, 5.74) is 26.7. The van der Waals surface area contributed by atoms with Gasteiger partial charge in [0, 0.05) is 153 Å². The van der Waals surface area contributed by atoms with Crippen LogP contribution in [-0.2, 0) is 28.5 Å². The molecular formula is C85H120BrN23O9S4. The summed E-state index contributed by atoms with van der Waals surface area (Å²) in [4.78, 5) is 71.5. The van der Waals surface area contributed by atoms with E-state index < -0.39 is 17.2 Å². The number of hydrogen-bond acceptors (Lipinski definition) is 28. The normalized spacial score (nSPS) is 14.1. The number of aromatic nitrogens is 12. The molecule has 0 radical (unpaired) electrons. The number of likely N-dealkylation sites (N-methyl/N-ethyl adjacent to an activating group) is 3. The highest BCUT2D eigenvalue weighted by Crippen LogP contribution is 2.44. The van der Waals surface area contributed by atoms with Gasteiger partial charge in [0.25, 0.3) is 5.97 Å². The summed E-state index contributed by atoms with van der Waals surface area (Å²) in [5, 5.41) is 47.7. The number of unbranched alkanes of at least 4 members (excludes halogenated alkanes) is 1. The smallest absolute Gasteiger partial charge is 0.410 e. The minimum Gasteiger partial charge on any atom is -0.481 e. The molecule has 660 valence electrons. The number of carbonyl (C=O) groups is 4. The predicted molar refractivity (Wildman–Crippen MR) is 501 cm³/mol. The van der Waals surface area contributed by atoms with Crippen LogP contribution >= 0.6 is 61.3 Å². The van der Waals surface area contributed by atoms with Crippen LogP contribution in [-0.4, -0.2) is 206 Å². The van der Waals surface area contributed by atoms with E-state index in [-0.39, 0.29) is 41.6 Å². The van der Waals surface area contributed by atoms with Crippen molar-refractivity contribution in [3.8, 4) is 42.3 Å². The third-order valence-corrected chi connectivity index (χ3v) is 23.6. The third-order valence-electron chi connectivity index (χ3n) is 17.9. The Morgan fingerprint density at radius 2 is 0.934 bits per heavy atom. The summed E-state index contributed by atoms with van der Waals surface area (Å²) >= 11 is 10.4. The van der Waals surface area contributed by atoms with Gasteiger partial charge in [0.05, 0.1) is 100 Å². The van der Waals surface area contributed by atoms with Crippen molar-refractivity contribution in [1.82, 2.24) is 74.6 Å². The molecule has 14 N–H and O–H groups in total. The number of nitrogens with two attached hydrogens (primary N) is 3. The first-order valence-corrected chi connectivity index (χ1v) is 44.8. The Kier molecular flexibility index (Phi) is 34.2. The second-order valence-electron chi connectivity index (χ2n) is 33.4. The van der Waals surface area contributed by atoms with Crippen LogP contribution in [0.2, 0.25) is 0 Å². The molecule has 14 heterocycles. The first kappa shape index (κ1) is 95.6. The molecule has 122 heavy (non-hydrogen) atoms. The minimum absolute atomic E-state index is 0.0315. The summed E-state index contributed by atoms with van der Waals surface area (Å²) < 4.78 is 32.0. The Balaban J connectivity index is 0.000000178. The molecule has 0 saturated carbocycles. The number of pyridine rings is 4. The van der Waals surface area contributed by atoms with Gasteiger partial charge in [-0.1, -0.05) is 13.3 Å². The lowest BCUT2D eigenvalue weighted by atomic mass is 10.1. The van der Waals surface area contributed by atoms with E-state index in [0.717, 1.165) is 182 Å². The Labute approximate surface area is 737 Å². The van der Waals surface area contributed by atoms with Crippen LogP contribution in [0.3, 0.4) is 0 Å². The highest BCUT2D eigenvalue weighted by Gasteiger charge is 2.27. The van der Waals surface area contributed by atoms with E-state index in [9.17, 15) is 14.4 Å². The number of rotatable bonds is 22. The number of aromatic amines is 2.